The fourth-order valence-electron chi connectivity index (χ4n) is 2.29. The molecule has 1 fully saturated rings. The van der Waals surface area contributed by atoms with E-state index in [0.29, 0.717) is 10.7 Å². The molecule has 0 radical (unpaired) electrons. The average molecular weight is 422 g/mol. The molecular weight excluding hydrogens is 405 g/mol. The van der Waals surface area contributed by atoms with E-state index in [0.717, 1.165) is 15.7 Å². The van der Waals surface area contributed by atoms with Gasteiger partial charge in [0.2, 0.25) is 0 Å². The largest absolute Gasteiger partial charge is 0.341 e. The minimum Gasteiger partial charge on any atom is -0.341 e. The number of alkyl halides is 1. The van der Waals surface area contributed by atoms with Gasteiger partial charge in [-0.05, 0) is 59.9 Å². The van der Waals surface area contributed by atoms with Crippen LogP contribution >= 0.6 is 38.5 Å². The highest BCUT2D eigenvalue weighted by Crippen LogP contribution is 2.33. The van der Waals surface area contributed by atoms with Gasteiger partial charge in [-0.25, -0.2) is 0 Å². The summed E-state index contributed by atoms with van der Waals surface area (Å²) < 4.78 is 1.07. The SMILES string of the molecule is Cc1cccc(C(=O)N(C)CC2CC(Br)C2)c1I. The number of rotatable bonds is 3. The van der Waals surface area contributed by atoms with Crippen molar-refractivity contribution >= 4 is 44.4 Å². The summed E-state index contributed by atoms with van der Waals surface area (Å²) in [7, 11) is 1.91. The summed E-state index contributed by atoms with van der Waals surface area (Å²) >= 11 is 5.85. The van der Waals surface area contributed by atoms with Crippen LogP contribution in [0.15, 0.2) is 18.2 Å². The van der Waals surface area contributed by atoms with Crippen LogP contribution in [0.4, 0.5) is 0 Å². The predicted molar refractivity (Wildman–Crippen MR) is 86.3 cm³/mol. The van der Waals surface area contributed by atoms with Gasteiger partial charge in [0.15, 0.2) is 0 Å². The van der Waals surface area contributed by atoms with Gasteiger partial charge in [-0.3, -0.25) is 4.79 Å². The van der Waals surface area contributed by atoms with E-state index in [4.69, 9.17) is 0 Å². The van der Waals surface area contributed by atoms with Crippen LogP contribution < -0.4 is 0 Å². The summed E-state index contributed by atoms with van der Waals surface area (Å²) in [4.78, 5) is 14.9. The van der Waals surface area contributed by atoms with Gasteiger partial charge < -0.3 is 4.90 Å². The van der Waals surface area contributed by atoms with Crippen molar-refractivity contribution in [2.45, 2.75) is 24.6 Å². The maximum absolute atomic E-state index is 12.4. The topological polar surface area (TPSA) is 20.3 Å². The minimum atomic E-state index is 0.140. The molecule has 0 bridgehead atoms. The zero-order valence-electron chi connectivity index (χ0n) is 10.6. The van der Waals surface area contributed by atoms with Gasteiger partial charge in [0, 0.05) is 22.0 Å². The number of hydrogen-bond acceptors (Lipinski definition) is 1. The zero-order chi connectivity index (χ0) is 13.3. The Kier molecular flexibility index (Phi) is 4.69. The van der Waals surface area contributed by atoms with Crippen molar-refractivity contribution in [3.8, 4) is 0 Å². The van der Waals surface area contributed by atoms with Gasteiger partial charge in [0.1, 0.15) is 0 Å². The first-order valence-electron chi connectivity index (χ1n) is 6.13. The molecule has 1 aromatic carbocycles. The van der Waals surface area contributed by atoms with E-state index < -0.39 is 0 Å². The molecule has 1 saturated carbocycles. The predicted octanol–water partition coefficient (Wildman–Crippen LogP) is 3.85. The first kappa shape index (κ1) is 14.3. The number of nitrogens with zero attached hydrogens (tertiary/aromatic N) is 1. The van der Waals surface area contributed by atoms with Gasteiger partial charge in [-0.15, -0.1) is 0 Å². The van der Waals surface area contributed by atoms with E-state index in [-0.39, 0.29) is 5.91 Å². The zero-order valence-corrected chi connectivity index (χ0v) is 14.4. The third kappa shape index (κ3) is 3.07. The van der Waals surface area contributed by atoms with Crippen LogP contribution in [-0.2, 0) is 0 Å². The molecule has 2 nitrogen and oxygen atoms in total. The molecule has 0 atom stereocenters. The smallest absolute Gasteiger partial charge is 0.254 e. The number of carbonyl (C=O) groups is 1. The Morgan fingerprint density at radius 1 is 1.50 bits per heavy atom. The molecule has 2 rings (SSSR count). The second kappa shape index (κ2) is 5.90. The Labute approximate surface area is 130 Å². The Bertz CT molecular complexity index is 457. The van der Waals surface area contributed by atoms with E-state index in [9.17, 15) is 4.79 Å². The maximum atomic E-state index is 12.4. The van der Waals surface area contributed by atoms with Crippen LogP contribution in [-0.4, -0.2) is 29.2 Å². The van der Waals surface area contributed by atoms with E-state index >= 15 is 0 Å². The monoisotopic (exact) mass is 421 g/mol. The lowest BCUT2D eigenvalue weighted by Crippen LogP contribution is -2.38. The van der Waals surface area contributed by atoms with E-state index in [1.54, 1.807) is 0 Å². The number of hydrogen-bond donors (Lipinski definition) is 0. The van der Waals surface area contributed by atoms with Crippen LogP contribution in [0, 0.1) is 16.4 Å². The molecule has 1 aromatic rings. The van der Waals surface area contributed by atoms with Crippen LogP contribution in [0.3, 0.4) is 0 Å². The second-order valence-electron chi connectivity index (χ2n) is 5.06. The molecule has 1 amide bonds. The molecule has 0 heterocycles. The Morgan fingerprint density at radius 3 is 2.78 bits per heavy atom. The Hall–Kier alpha value is -0.100. The lowest BCUT2D eigenvalue weighted by Gasteiger charge is -2.34. The average Bonchev–Trinajstić information content (AvgIpc) is 2.30. The van der Waals surface area contributed by atoms with Crippen molar-refractivity contribution in [3.63, 3.8) is 0 Å². The van der Waals surface area contributed by atoms with Gasteiger partial charge >= 0.3 is 0 Å². The molecule has 0 spiro atoms. The first-order valence-corrected chi connectivity index (χ1v) is 8.13. The van der Waals surface area contributed by atoms with Crippen molar-refractivity contribution in [1.82, 2.24) is 4.90 Å². The molecule has 98 valence electrons. The lowest BCUT2D eigenvalue weighted by molar-refractivity contribution is 0.0747. The summed E-state index contributed by atoms with van der Waals surface area (Å²) in [5.74, 6) is 0.798. The summed E-state index contributed by atoms with van der Waals surface area (Å²) in [6, 6.07) is 5.91. The molecule has 0 unspecified atom stereocenters. The van der Waals surface area contributed by atoms with E-state index in [2.05, 4.69) is 38.5 Å². The molecule has 1 aliphatic carbocycles. The molecule has 0 N–H and O–H groups in total. The Morgan fingerprint density at radius 2 is 2.17 bits per heavy atom. The van der Waals surface area contributed by atoms with Crippen molar-refractivity contribution in [1.29, 1.82) is 0 Å². The molecule has 1 aliphatic rings. The number of amides is 1. The fourth-order valence-corrected chi connectivity index (χ4v) is 3.94. The maximum Gasteiger partial charge on any atom is 0.254 e. The molecule has 4 heteroatoms. The lowest BCUT2D eigenvalue weighted by atomic mass is 9.85. The van der Waals surface area contributed by atoms with Gasteiger partial charge in [-0.1, -0.05) is 28.1 Å². The molecule has 0 aromatic heterocycles. The minimum absolute atomic E-state index is 0.140. The van der Waals surface area contributed by atoms with Gasteiger partial charge in [-0.2, -0.15) is 0 Å². The number of carbonyl (C=O) groups excluding carboxylic acids is 1. The summed E-state index contributed by atoms with van der Waals surface area (Å²) in [5.41, 5.74) is 1.99. The molecule has 18 heavy (non-hydrogen) atoms. The third-order valence-electron chi connectivity index (χ3n) is 3.48. The summed E-state index contributed by atoms with van der Waals surface area (Å²) in [6.07, 6.45) is 2.37. The van der Waals surface area contributed by atoms with Gasteiger partial charge in [0.05, 0.1) is 5.56 Å². The highest BCUT2D eigenvalue weighted by Gasteiger charge is 2.29. The van der Waals surface area contributed by atoms with E-state index in [1.807, 2.05) is 37.1 Å². The number of benzene rings is 1. The second-order valence-corrected chi connectivity index (χ2v) is 7.43. The van der Waals surface area contributed by atoms with E-state index in [1.165, 1.54) is 18.4 Å². The van der Waals surface area contributed by atoms with Gasteiger partial charge in [0.25, 0.3) is 5.91 Å². The number of aryl methyl sites for hydroxylation is 1. The number of halogens is 2. The van der Waals surface area contributed by atoms with Crippen molar-refractivity contribution in [3.05, 3.63) is 32.9 Å². The fraction of sp³-hybridized carbons (Fsp3) is 0.500. The van der Waals surface area contributed by atoms with Crippen LogP contribution in [0.25, 0.3) is 0 Å². The summed E-state index contributed by atoms with van der Waals surface area (Å²) in [6.45, 7) is 2.91. The van der Waals surface area contributed by atoms with Crippen molar-refractivity contribution in [2.75, 3.05) is 13.6 Å². The Balaban J connectivity index is 2.04. The third-order valence-corrected chi connectivity index (χ3v) is 5.66. The highest BCUT2D eigenvalue weighted by molar-refractivity contribution is 14.1. The summed E-state index contributed by atoms with van der Waals surface area (Å²) in [5, 5.41) is 0. The standard InChI is InChI=1S/C14H17BrINO/c1-9-4-3-5-12(13(9)16)14(18)17(2)8-10-6-11(15)7-10/h3-5,10-11H,6-8H2,1-2H3. The van der Waals surface area contributed by atoms with Crippen LogP contribution in [0.2, 0.25) is 0 Å². The highest BCUT2D eigenvalue weighted by atomic mass is 127. The van der Waals surface area contributed by atoms with Crippen molar-refractivity contribution in [2.24, 2.45) is 5.92 Å². The van der Waals surface area contributed by atoms with Crippen molar-refractivity contribution < 1.29 is 4.79 Å². The quantitative estimate of drug-likeness (QED) is 0.536. The molecular formula is C14H17BrINO. The van der Waals surface area contributed by atoms with Crippen LogP contribution in [0.5, 0.6) is 0 Å². The first-order chi connectivity index (χ1) is 8.49. The van der Waals surface area contributed by atoms with Crippen LogP contribution in [0.1, 0.15) is 28.8 Å². The molecule has 0 saturated heterocycles. The molecule has 0 aliphatic heterocycles. The normalized spacial score (nSPS) is 22.4.